The summed E-state index contributed by atoms with van der Waals surface area (Å²) in [5.74, 6) is 1.65. The molecular formula is C12H22N4. The van der Waals surface area contributed by atoms with Crippen LogP contribution in [0.2, 0.25) is 0 Å². The highest BCUT2D eigenvalue weighted by atomic mass is 15.1. The van der Waals surface area contributed by atoms with Gasteiger partial charge in [0, 0.05) is 12.1 Å². The van der Waals surface area contributed by atoms with Crippen LogP contribution in [-0.2, 0) is 0 Å². The van der Waals surface area contributed by atoms with E-state index >= 15 is 0 Å². The Morgan fingerprint density at radius 1 is 1.19 bits per heavy atom. The number of rotatable bonds is 6. The number of hydrogen-bond acceptors (Lipinski definition) is 4. The lowest BCUT2D eigenvalue weighted by Crippen LogP contribution is -2.31. The molecule has 0 aromatic carbocycles. The summed E-state index contributed by atoms with van der Waals surface area (Å²) in [6.45, 7) is 9.44. The van der Waals surface area contributed by atoms with Crippen LogP contribution in [-0.4, -0.2) is 22.1 Å². The van der Waals surface area contributed by atoms with E-state index in [4.69, 9.17) is 0 Å². The Labute approximate surface area is 97.9 Å². The van der Waals surface area contributed by atoms with E-state index in [1.165, 1.54) is 0 Å². The summed E-state index contributed by atoms with van der Waals surface area (Å²) in [5, 5.41) is 6.56. The molecule has 0 radical (unpaired) electrons. The van der Waals surface area contributed by atoms with E-state index < -0.39 is 0 Å². The van der Waals surface area contributed by atoms with Crippen LogP contribution < -0.4 is 10.6 Å². The van der Waals surface area contributed by atoms with Crippen LogP contribution in [0.25, 0.3) is 0 Å². The Morgan fingerprint density at radius 2 is 1.88 bits per heavy atom. The van der Waals surface area contributed by atoms with Crippen molar-refractivity contribution in [2.24, 2.45) is 0 Å². The second-order valence-corrected chi connectivity index (χ2v) is 4.58. The molecule has 1 aromatic rings. The molecule has 0 amide bonds. The summed E-state index contributed by atoms with van der Waals surface area (Å²) in [6.07, 6.45) is 5.76. The molecule has 0 spiro atoms. The molecule has 16 heavy (non-hydrogen) atoms. The van der Waals surface area contributed by atoms with Crippen LogP contribution in [0.5, 0.6) is 0 Å². The van der Waals surface area contributed by atoms with Gasteiger partial charge in [-0.2, -0.15) is 0 Å². The van der Waals surface area contributed by atoms with Crippen molar-refractivity contribution in [2.75, 3.05) is 17.2 Å². The lowest BCUT2D eigenvalue weighted by atomic mass is 9.99. The third kappa shape index (κ3) is 4.04. The van der Waals surface area contributed by atoms with Crippen LogP contribution in [0.4, 0.5) is 11.6 Å². The van der Waals surface area contributed by atoms with Crippen molar-refractivity contribution in [1.29, 1.82) is 0 Å². The fourth-order valence-electron chi connectivity index (χ4n) is 1.73. The standard InChI is InChI=1S/C12H22N4/c1-5-7-12(3,4)16-11-9-13-8-10(15-11)14-6-2/h8-9H,5-7H2,1-4H3,(H2,14,15,16). The minimum atomic E-state index is 0.0638. The lowest BCUT2D eigenvalue weighted by Gasteiger charge is -2.26. The topological polar surface area (TPSA) is 49.8 Å². The summed E-state index contributed by atoms with van der Waals surface area (Å²) in [4.78, 5) is 8.61. The van der Waals surface area contributed by atoms with Gasteiger partial charge in [0.05, 0.1) is 12.4 Å². The van der Waals surface area contributed by atoms with E-state index in [2.05, 4.69) is 41.4 Å². The van der Waals surface area contributed by atoms with Crippen molar-refractivity contribution in [2.45, 2.75) is 46.1 Å². The maximum Gasteiger partial charge on any atom is 0.147 e. The predicted octanol–water partition coefficient (Wildman–Crippen LogP) is 2.90. The largest absolute Gasteiger partial charge is 0.369 e. The Balaban J connectivity index is 2.69. The Hall–Kier alpha value is -1.32. The number of nitrogens with zero attached hydrogens (tertiary/aromatic N) is 2. The van der Waals surface area contributed by atoms with Crippen molar-refractivity contribution in [3.05, 3.63) is 12.4 Å². The molecule has 0 aliphatic rings. The second kappa shape index (κ2) is 5.68. The van der Waals surface area contributed by atoms with Gasteiger partial charge in [0.1, 0.15) is 11.6 Å². The quantitative estimate of drug-likeness (QED) is 0.777. The summed E-state index contributed by atoms with van der Waals surface area (Å²) in [6, 6.07) is 0. The SMILES string of the molecule is CCCC(C)(C)Nc1cncc(NCC)n1. The Kier molecular flexibility index (Phi) is 4.52. The minimum absolute atomic E-state index is 0.0638. The molecule has 0 atom stereocenters. The van der Waals surface area contributed by atoms with Crippen molar-refractivity contribution in [3.63, 3.8) is 0 Å². The van der Waals surface area contributed by atoms with E-state index in [1.807, 2.05) is 6.92 Å². The molecule has 0 aliphatic heterocycles. The lowest BCUT2D eigenvalue weighted by molar-refractivity contribution is 0.509. The monoisotopic (exact) mass is 222 g/mol. The summed E-state index contributed by atoms with van der Waals surface area (Å²) in [7, 11) is 0. The molecule has 0 fully saturated rings. The molecule has 1 rings (SSSR count). The van der Waals surface area contributed by atoms with E-state index in [1.54, 1.807) is 12.4 Å². The molecule has 1 heterocycles. The molecule has 0 unspecified atom stereocenters. The van der Waals surface area contributed by atoms with Crippen LogP contribution in [0.15, 0.2) is 12.4 Å². The van der Waals surface area contributed by atoms with Gasteiger partial charge in [0.2, 0.25) is 0 Å². The molecule has 1 aromatic heterocycles. The molecule has 90 valence electrons. The fraction of sp³-hybridized carbons (Fsp3) is 0.667. The number of hydrogen-bond donors (Lipinski definition) is 2. The zero-order valence-corrected chi connectivity index (χ0v) is 10.7. The van der Waals surface area contributed by atoms with Crippen molar-refractivity contribution < 1.29 is 0 Å². The van der Waals surface area contributed by atoms with Crippen molar-refractivity contribution in [3.8, 4) is 0 Å². The van der Waals surface area contributed by atoms with E-state index in [9.17, 15) is 0 Å². The smallest absolute Gasteiger partial charge is 0.147 e. The molecule has 0 saturated heterocycles. The predicted molar refractivity (Wildman–Crippen MR) is 68.8 cm³/mol. The summed E-state index contributed by atoms with van der Waals surface area (Å²) >= 11 is 0. The summed E-state index contributed by atoms with van der Waals surface area (Å²) in [5.41, 5.74) is 0.0638. The van der Waals surface area contributed by atoms with E-state index in [0.29, 0.717) is 0 Å². The van der Waals surface area contributed by atoms with E-state index in [-0.39, 0.29) is 5.54 Å². The van der Waals surface area contributed by atoms with Crippen LogP contribution in [0.3, 0.4) is 0 Å². The molecule has 0 bridgehead atoms. The van der Waals surface area contributed by atoms with Crippen LogP contribution in [0, 0.1) is 0 Å². The molecule has 4 nitrogen and oxygen atoms in total. The van der Waals surface area contributed by atoms with Gasteiger partial charge in [-0.1, -0.05) is 13.3 Å². The van der Waals surface area contributed by atoms with Crippen LogP contribution in [0.1, 0.15) is 40.5 Å². The first-order valence-electron chi connectivity index (χ1n) is 5.91. The normalized spacial score (nSPS) is 11.2. The highest BCUT2D eigenvalue weighted by Crippen LogP contribution is 2.18. The van der Waals surface area contributed by atoms with Gasteiger partial charge >= 0.3 is 0 Å². The van der Waals surface area contributed by atoms with Crippen LogP contribution >= 0.6 is 0 Å². The first-order valence-corrected chi connectivity index (χ1v) is 5.91. The molecule has 2 N–H and O–H groups in total. The molecule has 0 aliphatic carbocycles. The Morgan fingerprint density at radius 3 is 2.50 bits per heavy atom. The number of nitrogens with one attached hydrogen (secondary N) is 2. The van der Waals surface area contributed by atoms with Gasteiger partial charge < -0.3 is 10.6 Å². The summed E-state index contributed by atoms with van der Waals surface area (Å²) < 4.78 is 0. The minimum Gasteiger partial charge on any atom is -0.369 e. The second-order valence-electron chi connectivity index (χ2n) is 4.58. The molecular weight excluding hydrogens is 200 g/mol. The number of anilines is 2. The zero-order valence-electron chi connectivity index (χ0n) is 10.7. The first-order chi connectivity index (χ1) is 7.57. The maximum atomic E-state index is 4.45. The first kappa shape index (κ1) is 12.7. The molecule has 0 saturated carbocycles. The van der Waals surface area contributed by atoms with Gasteiger partial charge in [0.15, 0.2) is 0 Å². The molecule has 4 heteroatoms. The average Bonchev–Trinajstić information content (AvgIpc) is 2.17. The van der Waals surface area contributed by atoms with Gasteiger partial charge in [-0.05, 0) is 27.2 Å². The fourth-order valence-corrected chi connectivity index (χ4v) is 1.73. The number of aromatic nitrogens is 2. The highest BCUT2D eigenvalue weighted by molar-refractivity contribution is 5.42. The van der Waals surface area contributed by atoms with Gasteiger partial charge in [-0.3, -0.25) is 4.98 Å². The third-order valence-electron chi connectivity index (χ3n) is 2.33. The highest BCUT2D eigenvalue weighted by Gasteiger charge is 2.16. The van der Waals surface area contributed by atoms with Crippen molar-refractivity contribution in [1.82, 2.24) is 9.97 Å². The van der Waals surface area contributed by atoms with Gasteiger partial charge in [0.25, 0.3) is 0 Å². The van der Waals surface area contributed by atoms with Gasteiger partial charge in [-0.25, -0.2) is 4.98 Å². The van der Waals surface area contributed by atoms with Gasteiger partial charge in [-0.15, -0.1) is 0 Å². The van der Waals surface area contributed by atoms with Crippen molar-refractivity contribution >= 4 is 11.6 Å². The third-order valence-corrected chi connectivity index (χ3v) is 2.33. The average molecular weight is 222 g/mol. The zero-order chi connectivity index (χ0) is 12.0. The Bertz CT molecular complexity index is 323. The van der Waals surface area contributed by atoms with E-state index in [0.717, 1.165) is 31.0 Å². The maximum absolute atomic E-state index is 4.45.